The van der Waals surface area contributed by atoms with Crippen LogP contribution >= 0.6 is 11.6 Å². The predicted molar refractivity (Wildman–Crippen MR) is 81.7 cm³/mol. The lowest BCUT2D eigenvalue weighted by atomic mass is 10.1. The molecule has 21 heavy (non-hydrogen) atoms. The highest BCUT2D eigenvalue weighted by atomic mass is 35.5. The number of aliphatic hydroxyl groups excluding tert-OH is 1. The van der Waals surface area contributed by atoms with Gasteiger partial charge in [0.15, 0.2) is 0 Å². The molecule has 0 bridgehead atoms. The first-order valence-electron chi connectivity index (χ1n) is 6.96. The summed E-state index contributed by atoms with van der Waals surface area (Å²) in [5.41, 5.74) is 2.04. The lowest BCUT2D eigenvalue weighted by Crippen LogP contribution is -2.33. The maximum Gasteiger partial charge on any atom is 0.202 e. The van der Waals surface area contributed by atoms with E-state index < -0.39 is 0 Å². The second kappa shape index (κ2) is 5.21. The Kier molecular flexibility index (Phi) is 3.52. The van der Waals surface area contributed by atoms with Crippen LogP contribution in [-0.2, 0) is 0 Å². The number of nitriles is 1. The van der Waals surface area contributed by atoms with E-state index in [0.717, 1.165) is 36.7 Å². The molecule has 2 saturated heterocycles. The van der Waals surface area contributed by atoms with Gasteiger partial charge in [-0.15, -0.1) is 0 Å². The zero-order valence-corrected chi connectivity index (χ0v) is 12.8. The van der Waals surface area contributed by atoms with E-state index in [1.54, 1.807) is 6.07 Å². The molecule has 1 aromatic carbocycles. The van der Waals surface area contributed by atoms with Gasteiger partial charge >= 0.3 is 0 Å². The fourth-order valence-electron chi connectivity index (χ4n) is 3.03. The minimum atomic E-state index is -0.286. The summed E-state index contributed by atoms with van der Waals surface area (Å²) in [6.07, 6.45) is 0.496. The summed E-state index contributed by atoms with van der Waals surface area (Å²) < 4.78 is 0. The van der Waals surface area contributed by atoms with E-state index >= 15 is 0 Å². The van der Waals surface area contributed by atoms with Crippen molar-refractivity contribution in [3.8, 4) is 6.07 Å². The fourth-order valence-corrected chi connectivity index (χ4v) is 3.23. The number of aliphatic imine (C=N–C) groups is 1. The number of fused-ring (bicyclic) bond motifs is 1. The summed E-state index contributed by atoms with van der Waals surface area (Å²) in [6, 6.07) is 5.72. The highest BCUT2D eigenvalue weighted by Gasteiger charge is 2.42. The van der Waals surface area contributed by atoms with Gasteiger partial charge in [0.2, 0.25) is 5.96 Å². The minimum Gasteiger partial charge on any atom is -0.391 e. The van der Waals surface area contributed by atoms with Crippen molar-refractivity contribution < 1.29 is 5.11 Å². The summed E-state index contributed by atoms with van der Waals surface area (Å²) in [5.74, 6) is 0.862. The van der Waals surface area contributed by atoms with Crippen LogP contribution in [0.5, 0.6) is 0 Å². The van der Waals surface area contributed by atoms with Gasteiger partial charge in [-0.3, -0.25) is 0 Å². The van der Waals surface area contributed by atoms with Crippen molar-refractivity contribution in [1.29, 1.82) is 5.26 Å². The molecule has 0 spiro atoms. The van der Waals surface area contributed by atoms with Crippen molar-refractivity contribution in [2.75, 3.05) is 20.1 Å². The quantitative estimate of drug-likeness (QED) is 0.860. The summed E-state index contributed by atoms with van der Waals surface area (Å²) >= 11 is 6.20. The molecule has 1 N–H and O–H groups in total. The van der Waals surface area contributed by atoms with Gasteiger partial charge in [-0.1, -0.05) is 11.6 Å². The molecule has 0 amide bonds. The van der Waals surface area contributed by atoms with Crippen LogP contribution in [0, 0.1) is 18.3 Å². The highest BCUT2D eigenvalue weighted by molar-refractivity contribution is 6.32. The smallest absolute Gasteiger partial charge is 0.202 e. The molecule has 2 aliphatic rings. The van der Waals surface area contributed by atoms with Gasteiger partial charge in [0, 0.05) is 20.1 Å². The minimum absolute atomic E-state index is 0.128. The number of hydrogen-bond donors (Lipinski definition) is 1. The van der Waals surface area contributed by atoms with Crippen molar-refractivity contribution in [2.24, 2.45) is 4.99 Å². The van der Waals surface area contributed by atoms with Crippen LogP contribution in [0.1, 0.15) is 17.5 Å². The van der Waals surface area contributed by atoms with E-state index in [9.17, 15) is 5.11 Å². The standard InChI is InChI=1S/C15H17ClN4O/c1-9-11(4-3-10(7-17)14(9)16)18-15-19(2)8-12-13(21)5-6-20(12)15/h3-4,12-13,21H,5-6,8H2,1-2H3/t12-,13-/m1/s1. The molecule has 6 heteroatoms. The molecule has 0 aliphatic carbocycles. The molecule has 2 fully saturated rings. The third-order valence-electron chi connectivity index (χ3n) is 4.27. The number of nitrogens with zero attached hydrogens (tertiary/aromatic N) is 4. The van der Waals surface area contributed by atoms with Crippen LogP contribution in [0.2, 0.25) is 5.02 Å². The maximum atomic E-state index is 9.99. The normalized spacial score (nSPS) is 26.3. The van der Waals surface area contributed by atoms with Crippen molar-refractivity contribution in [3.63, 3.8) is 0 Å². The Bertz CT molecular complexity index is 652. The first-order chi connectivity index (χ1) is 10.0. The van der Waals surface area contributed by atoms with Crippen LogP contribution in [-0.4, -0.2) is 53.1 Å². The van der Waals surface area contributed by atoms with E-state index in [1.807, 2.05) is 20.0 Å². The van der Waals surface area contributed by atoms with Crippen molar-refractivity contribution in [1.82, 2.24) is 9.80 Å². The third kappa shape index (κ3) is 2.25. The Morgan fingerprint density at radius 1 is 1.48 bits per heavy atom. The van der Waals surface area contributed by atoms with Gasteiger partial charge < -0.3 is 14.9 Å². The molecule has 0 radical (unpaired) electrons. The molecule has 0 saturated carbocycles. The zero-order chi connectivity index (χ0) is 15.1. The SMILES string of the molecule is Cc1c(N=C2N(C)C[C@@H]3[C@H](O)CCN23)ccc(C#N)c1Cl. The van der Waals surface area contributed by atoms with E-state index in [2.05, 4.69) is 15.9 Å². The van der Waals surface area contributed by atoms with E-state index in [1.165, 1.54) is 0 Å². The monoisotopic (exact) mass is 304 g/mol. The lowest BCUT2D eigenvalue weighted by Gasteiger charge is -2.19. The number of hydrogen-bond acceptors (Lipinski definition) is 3. The summed E-state index contributed by atoms with van der Waals surface area (Å²) in [5, 5.41) is 19.4. The number of aliphatic hydroxyl groups is 1. The van der Waals surface area contributed by atoms with Crippen LogP contribution in [0.15, 0.2) is 17.1 Å². The van der Waals surface area contributed by atoms with E-state index in [4.69, 9.17) is 21.9 Å². The first-order valence-corrected chi connectivity index (χ1v) is 7.34. The summed E-state index contributed by atoms with van der Waals surface area (Å²) in [6.45, 7) is 3.47. The van der Waals surface area contributed by atoms with E-state index in [0.29, 0.717) is 10.6 Å². The molecule has 5 nitrogen and oxygen atoms in total. The Morgan fingerprint density at radius 3 is 2.95 bits per heavy atom. The molecule has 0 unspecified atom stereocenters. The summed E-state index contributed by atoms with van der Waals surface area (Å²) in [4.78, 5) is 8.92. The molecular formula is C15H17ClN4O. The number of rotatable bonds is 1. The topological polar surface area (TPSA) is 62.9 Å². The number of guanidine groups is 1. The van der Waals surface area contributed by atoms with Gasteiger partial charge in [-0.05, 0) is 31.0 Å². The Hall–Kier alpha value is -1.77. The second-order valence-corrected chi connectivity index (χ2v) is 5.97. The number of halogens is 1. The van der Waals surface area contributed by atoms with Gasteiger partial charge in [-0.25, -0.2) is 4.99 Å². The molecule has 110 valence electrons. The van der Waals surface area contributed by atoms with Crippen molar-refractivity contribution in [2.45, 2.75) is 25.5 Å². The average molecular weight is 305 g/mol. The Labute approximate surface area is 129 Å². The molecule has 2 heterocycles. The molecular weight excluding hydrogens is 288 g/mol. The van der Waals surface area contributed by atoms with Crippen molar-refractivity contribution in [3.05, 3.63) is 28.3 Å². The molecule has 2 atom stereocenters. The maximum absolute atomic E-state index is 9.99. The lowest BCUT2D eigenvalue weighted by molar-refractivity contribution is 0.145. The first kappa shape index (κ1) is 14.2. The highest BCUT2D eigenvalue weighted by Crippen LogP contribution is 2.32. The molecule has 3 rings (SSSR count). The third-order valence-corrected chi connectivity index (χ3v) is 4.76. The Morgan fingerprint density at radius 2 is 2.24 bits per heavy atom. The van der Waals surface area contributed by atoms with Gasteiger partial charge in [0.25, 0.3) is 0 Å². The van der Waals surface area contributed by atoms with Crippen molar-refractivity contribution >= 4 is 23.2 Å². The van der Waals surface area contributed by atoms with Crippen LogP contribution in [0.4, 0.5) is 5.69 Å². The van der Waals surface area contributed by atoms with Gasteiger partial charge in [0.1, 0.15) is 6.07 Å². The van der Waals surface area contributed by atoms with Crippen LogP contribution < -0.4 is 0 Å². The largest absolute Gasteiger partial charge is 0.391 e. The van der Waals surface area contributed by atoms with Crippen LogP contribution in [0.3, 0.4) is 0 Å². The van der Waals surface area contributed by atoms with E-state index in [-0.39, 0.29) is 12.1 Å². The average Bonchev–Trinajstić information content (AvgIpc) is 2.96. The summed E-state index contributed by atoms with van der Waals surface area (Å²) in [7, 11) is 1.98. The zero-order valence-electron chi connectivity index (χ0n) is 12.0. The Balaban J connectivity index is 1.99. The van der Waals surface area contributed by atoms with Crippen LogP contribution in [0.25, 0.3) is 0 Å². The number of likely N-dealkylation sites (N-methyl/N-ethyl adjacent to an activating group) is 1. The molecule has 2 aliphatic heterocycles. The second-order valence-electron chi connectivity index (χ2n) is 5.59. The fraction of sp³-hybridized carbons (Fsp3) is 0.467. The molecule has 1 aromatic rings. The van der Waals surface area contributed by atoms with Gasteiger partial charge in [-0.2, -0.15) is 5.26 Å². The molecule has 0 aromatic heterocycles. The number of benzene rings is 1. The predicted octanol–water partition coefficient (Wildman–Crippen LogP) is 1.89. The van der Waals surface area contributed by atoms with Gasteiger partial charge in [0.05, 0.1) is 28.4 Å².